The number of nitrogens with zero attached hydrogens (tertiary/aromatic N) is 2. The Hall–Kier alpha value is -3.85. The van der Waals surface area contributed by atoms with Crippen molar-refractivity contribution >= 4 is 40.4 Å². The number of carbonyl (C=O) groups is 3. The van der Waals surface area contributed by atoms with E-state index in [1.807, 2.05) is 36.7 Å². The van der Waals surface area contributed by atoms with Gasteiger partial charge in [0.1, 0.15) is 5.69 Å². The van der Waals surface area contributed by atoms with Crippen LogP contribution in [0.2, 0.25) is 0 Å². The molecule has 5 rings (SSSR count). The number of hydrogen-bond acceptors (Lipinski definition) is 5. The molecule has 0 fully saturated rings. The number of rotatable bonds is 5. The van der Waals surface area contributed by atoms with E-state index in [0.717, 1.165) is 26.4 Å². The molecule has 0 radical (unpaired) electrons. The molecule has 0 spiro atoms. The van der Waals surface area contributed by atoms with E-state index >= 15 is 0 Å². The Morgan fingerprint density at radius 1 is 1.16 bits per heavy atom. The van der Waals surface area contributed by atoms with Crippen molar-refractivity contribution < 1.29 is 14.4 Å². The summed E-state index contributed by atoms with van der Waals surface area (Å²) in [5.74, 6) is -1.10. The van der Waals surface area contributed by atoms with E-state index in [-0.39, 0.29) is 12.5 Å². The summed E-state index contributed by atoms with van der Waals surface area (Å²) < 4.78 is 1.85. The minimum Gasteiger partial charge on any atom is -0.347 e. The minimum absolute atomic E-state index is 0.145. The van der Waals surface area contributed by atoms with Gasteiger partial charge in [0, 0.05) is 34.5 Å². The molecule has 9 heteroatoms. The van der Waals surface area contributed by atoms with Gasteiger partial charge in [-0.05, 0) is 42.8 Å². The van der Waals surface area contributed by atoms with E-state index in [2.05, 4.69) is 26.9 Å². The molecule has 0 unspecified atom stereocenters. The molecule has 32 heavy (non-hydrogen) atoms. The van der Waals surface area contributed by atoms with Crippen molar-refractivity contribution in [1.29, 1.82) is 0 Å². The number of amides is 3. The van der Waals surface area contributed by atoms with Gasteiger partial charge in [-0.2, -0.15) is 5.10 Å². The maximum atomic E-state index is 12.9. The van der Waals surface area contributed by atoms with E-state index in [4.69, 9.17) is 0 Å². The van der Waals surface area contributed by atoms with Crippen LogP contribution in [-0.2, 0) is 13.6 Å². The number of imide groups is 1. The van der Waals surface area contributed by atoms with Crippen LogP contribution in [0.1, 0.15) is 42.5 Å². The Morgan fingerprint density at radius 3 is 2.84 bits per heavy atom. The standard InChI is InChI=1S/C23H19N5O3S/c1-12-19(32-15-6-7-17-14(8-15)11-25-27-17)9-18(28(12)2)22(30)24-10-13-4-3-5-16-20(13)23(31)26-21(16)29/h3-9,11H,10H2,1-2H3,(H,24,30)(H,25,27)(H,26,29,31). The molecule has 8 nitrogen and oxygen atoms in total. The first kappa shape index (κ1) is 20.1. The number of aromatic nitrogens is 3. The highest BCUT2D eigenvalue weighted by Gasteiger charge is 2.29. The highest BCUT2D eigenvalue weighted by atomic mass is 32.2. The fourth-order valence-electron chi connectivity index (χ4n) is 3.81. The Bertz CT molecular complexity index is 1420. The van der Waals surface area contributed by atoms with Crippen LogP contribution in [0.3, 0.4) is 0 Å². The van der Waals surface area contributed by atoms with E-state index in [0.29, 0.717) is 22.4 Å². The first-order valence-electron chi connectivity index (χ1n) is 9.95. The van der Waals surface area contributed by atoms with Crippen molar-refractivity contribution in [3.8, 4) is 0 Å². The van der Waals surface area contributed by atoms with Gasteiger partial charge in [0.2, 0.25) is 0 Å². The van der Waals surface area contributed by atoms with Crippen LogP contribution in [0.5, 0.6) is 0 Å². The number of H-pyrrole nitrogens is 1. The summed E-state index contributed by atoms with van der Waals surface area (Å²) in [5, 5.41) is 13.2. The molecular formula is C23H19N5O3S. The number of fused-ring (bicyclic) bond motifs is 2. The topological polar surface area (TPSA) is 109 Å². The third-order valence-electron chi connectivity index (χ3n) is 5.65. The Kier molecular flexibility index (Phi) is 4.82. The second-order valence-electron chi connectivity index (χ2n) is 7.56. The fraction of sp³-hybridized carbons (Fsp3) is 0.130. The van der Waals surface area contributed by atoms with Crippen molar-refractivity contribution in [3.05, 3.63) is 76.7 Å². The first-order valence-corrected chi connectivity index (χ1v) is 10.8. The molecule has 3 amide bonds. The molecule has 2 aromatic carbocycles. The summed E-state index contributed by atoms with van der Waals surface area (Å²) >= 11 is 1.58. The van der Waals surface area contributed by atoms with Crippen LogP contribution in [-0.4, -0.2) is 32.5 Å². The van der Waals surface area contributed by atoms with Gasteiger partial charge in [0.15, 0.2) is 0 Å². The zero-order valence-corrected chi connectivity index (χ0v) is 18.2. The van der Waals surface area contributed by atoms with E-state index in [9.17, 15) is 14.4 Å². The molecule has 4 aromatic rings. The van der Waals surface area contributed by atoms with Gasteiger partial charge >= 0.3 is 0 Å². The lowest BCUT2D eigenvalue weighted by molar-refractivity contribution is 0.0875. The monoisotopic (exact) mass is 445 g/mol. The molecule has 3 N–H and O–H groups in total. The lowest BCUT2D eigenvalue weighted by Gasteiger charge is -2.09. The molecule has 160 valence electrons. The number of nitrogens with one attached hydrogen (secondary N) is 3. The Labute approximate surface area is 187 Å². The van der Waals surface area contributed by atoms with Crippen molar-refractivity contribution in [1.82, 2.24) is 25.4 Å². The van der Waals surface area contributed by atoms with Gasteiger partial charge < -0.3 is 9.88 Å². The number of carbonyl (C=O) groups excluding carboxylic acids is 3. The quantitative estimate of drug-likeness (QED) is 0.409. The van der Waals surface area contributed by atoms with Gasteiger partial charge in [0.25, 0.3) is 17.7 Å². The van der Waals surface area contributed by atoms with Crippen LogP contribution >= 0.6 is 11.8 Å². The van der Waals surface area contributed by atoms with Gasteiger partial charge in [-0.25, -0.2) is 0 Å². The number of aromatic amines is 1. The average Bonchev–Trinajstić information content (AvgIpc) is 3.45. The summed E-state index contributed by atoms with van der Waals surface area (Å²) in [7, 11) is 1.85. The molecule has 0 atom stereocenters. The summed E-state index contributed by atoms with van der Waals surface area (Å²) in [6, 6.07) is 13.0. The summed E-state index contributed by atoms with van der Waals surface area (Å²) in [4.78, 5) is 38.9. The average molecular weight is 446 g/mol. The molecule has 0 saturated carbocycles. The summed E-state index contributed by atoms with van der Waals surface area (Å²) in [6.07, 6.45) is 1.78. The number of hydrogen-bond donors (Lipinski definition) is 3. The maximum Gasteiger partial charge on any atom is 0.268 e. The van der Waals surface area contributed by atoms with Gasteiger partial charge in [0.05, 0.1) is 22.8 Å². The maximum absolute atomic E-state index is 12.9. The van der Waals surface area contributed by atoms with E-state index < -0.39 is 11.8 Å². The molecule has 1 aliphatic rings. The van der Waals surface area contributed by atoms with Gasteiger partial charge in [-0.15, -0.1) is 0 Å². The predicted octanol–water partition coefficient (Wildman–Crippen LogP) is 3.17. The minimum atomic E-state index is -0.433. The largest absolute Gasteiger partial charge is 0.347 e. The SMILES string of the molecule is Cc1c(Sc2ccc3[nH]ncc3c2)cc(C(=O)NCc2cccc3c2C(=O)NC3=O)n1C. The normalized spacial score (nSPS) is 12.8. The lowest BCUT2D eigenvalue weighted by atomic mass is 10.0. The van der Waals surface area contributed by atoms with Crippen molar-refractivity contribution in [2.75, 3.05) is 0 Å². The Balaban J connectivity index is 1.35. The fourth-order valence-corrected chi connectivity index (χ4v) is 4.84. The zero-order valence-electron chi connectivity index (χ0n) is 17.4. The van der Waals surface area contributed by atoms with Crippen LogP contribution in [0.15, 0.2) is 58.5 Å². The summed E-state index contributed by atoms with van der Waals surface area (Å²) in [6.45, 7) is 2.11. The third-order valence-corrected chi connectivity index (χ3v) is 6.77. The van der Waals surface area contributed by atoms with Crippen molar-refractivity contribution in [3.63, 3.8) is 0 Å². The van der Waals surface area contributed by atoms with Crippen LogP contribution in [0, 0.1) is 6.92 Å². The number of benzene rings is 2. The molecule has 0 bridgehead atoms. The van der Waals surface area contributed by atoms with E-state index in [1.165, 1.54) is 0 Å². The molecule has 2 aromatic heterocycles. The second-order valence-corrected chi connectivity index (χ2v) is 8.68. The first-order chi connectivity index (χ1) is 15.4. The van der Waals surface area contributed by atoms with E-state index in [1.54, 1.807) is 36.2 Å². The third kappa shape index (κ3) is 3.36. The van der Waals surface area contributed by atoms with Crippen molar-refractivity contribution in [2.45, 2.75) is 23.3 Å². The molecular weight excluding hydrogens is 426 g/mol. The van der Waals surface area contributed by atoms with Gasteiger partial charge in [-0.3, -0.25) is 24.8 Å². The van der Waals surface area contributed by atoms with Crippen LogP contribution < -0.4 is 10.6 Å². The highest BCUT2D eigenvalue weighted by molar-refractivity contribution is 7.99. The molecule has 3 heterocycles. The summed E-state index contributed by atoms with van der Waals surface area (Å²) in [5.41, 5.74) is 3.73. The zero-order chi connectivity index (χ0) is 22.4. The predicted molar refractivity (Wildman–Crippen MR) is 120 cm³/mol. The highest BCUT2D eigenvalue weighted by Crippen LogP contribution is 2.33. The molecule has 0 aliphatic carbocycles. The Morgan fingerprint density at radius 2 is 2.00 bits per heavy atom. The van der Waals surface area contributed by atoms with Gasteiger partial charge in [-0.1, -0.05) is 23.9 Å². The smallest absolute Gasteiger partial charge is 0.268 e. The molecule has 1 aliphatic heterocycles. The van der Waals surface area contributed by atoms with Crippen LogP contribution in [0.25, 0.3) is 10.9 Å². The van der Waals surface area contributed by atoms with Crippen LogP contribution in [0.4, 0.5) is 0 Å². The molecule has 0 saturated heterocycles. The van der Waals surface area contributed by atoms with Crippen molar-refractivity contribution in [2.24, 2.45) is 7.05 Å². The second kappa shape index (κ2) is 7.69. The lowest BCUT2D eigenvalue weighted by Crippen LogP contribution is -2.26.